The number of amides is 1. The maximum Gasteiger partial charge on any atom is 0.251 e. The highest BCUT2D eigenvalue weighted by Gasteiger charge is 2.08. The van der Waals surface area contributed by atoms with E-state index in [2.05, 4.69) is 10.6 Å². The molecule has 5 nitrogen and oxygen atoms in total. The lowest BCUT2D eigenvalue weighted by atomic mass is 10.1. The van der Waals surface area contributed by atoms with Crippen LogP contribution in [0.3, 0.4) is 0 Å². The molecular formula is C13H20N2O3S. The minimum absolute atomic E-state index is 0.00825. The largest absolute Gasteiger partial charge is 0.350 e. The minimum atomic E-state index is -3.04. The number of carbonyl (C=O) groups excluding carboxylic acids is 1. The van der Waals surface area contributed by atoms with Gasteiger partial charge in [0.2, 0.25) is 0 Å². The van der Waals surface area contributed by atoms with Crippen molar-refractivity contribution in [2.75, 3.05) is 19.8 Å². The SMILES string of the molecule is CNC(C)CNC(=O)c1ccc(CS(C)(=O)=O)cc1. The van der Waals surface area contributed by atoms with E-state index < -0.39 is 9.84 Å². The molecule has 0 saturated carbocycles. The van der Waals surface area contributed by atoms with Gasteiger partial charge in [0, 0.05) is 24.4 Å². The van der Waals surface area contributed by atoms with Crippen LogP contribution in [0.4, 0.5) is 0 Å². The Morgan fingerprint density at radius 3 is 2.32 bits per heavy atom. The third-order valence-electron chi connectivity index (χ3n) is 2.71. The van der Waals surface area contributed by atoms with E-state index in [1.165, 1.54) is 6.26 Å². The van der Waals surface area contributed by atoms with Gasteiger partial charge in [-0.15, -0.1) is 0 Å². The Bertz CT molecular complexity index is 523. The summed E-state index contributed by atoms with van der Waals surface area (Å²) < 4.78 is 22.3. The van der Waals surface area contributed by atoms with Crippen molar-refractivity contribution in [2.45, 2.75) is 18.7 Å². The number of likely N-dealkylation sites (N-methyl/N-ethyl adjacent to an activating group) is 1. The Morgan fingerprint density at radius 2 is 1.84 bits per heavy atom. The third-order valence-corrected chi connectivity index (χ3v) is 3.56. The van der Waals surface area contributed by atoms with Crippen LogP contribution in [0.1, 0.15) is 22.8 Å². The molecule has 1 aromatic carbocycles. The summed E-state index contributed by atoms with van der Waals surface area (Å²) >= 11 is 0. The molecule has 0 aromatic heterocycles. The van der Waals surface area contributed by atoms with Crippen LogP contribution in [-0.2, 0) is 15.6 Å². The van der Waals surface area contributed by atoms with Crippen molar-refractivity contribution in [2.24, 2.45) is 0 Å². The highest BCUT2D eigenvalue weighted by molar-refractivity contribution is 7.89. The second kappa shape index (κ2) is 6.68. The highest BCUT2D eigenvalue weighted by atomic mass is 32.2. The zero-order valence-corrected chi connectivity index (χ0v) is 12.3. The normalized spacial score (nSPS) is 13.0. The summed E-state index contributed by atoms with van der Waals surface area (Å²) in [4.78, 5) is 11.8. The van der Waals surface area contributed by atoms with Gasteiger partial charge in [-0.05, 0) is 31.7 Å². The molecule has 1 aromatic rings. The van der Waals surface area contributed by atoms with Crippen LogP contribution in [0.2, 0.25) is 0 Å². The first-order valence-corrected chi connectivity index (χ1v) is 8.10. The molecule has 19 heavy (non-hydrogen) atoms. The van der Waals surface area contributed by atoms with Gasteiger partial charge in [-0.25, -0.2) is 8.42 Å². The fourth-order valence-corrected chi connectivity index (χ4v) is 2.30. The molecule has 0 fully saturated rings. The second-order valence-electron chi connectivity index (χ2n) is 4.67. The van der Waals surface area contributed by atoms with Crippen molar-refractivity contribution >= 4 is 15.7 Å². The van der Waals surface area contributed by atoms with Gasteiger partial charge in [-0.3, -0.25) is 4.79 Å². The minimum Gasteiger partial charge on any atom is -0.350 e. The van der Waals surface area contributed by atoms with Crippen molar-refractivity contribution in [1.82, 2.24) is 10.6 Å². The average molecular weight is 284 g/mol. The Kier molecular flexibility index (Phi) is 5.50. The van der Waals surface area contributed by atoms with Crippen molar-refractivity contribution < 1.29 is 13.2 Å². The molecule has 1 amide bonds. The summed E-state index contributed by atoms with van der Waals surface area (Å²) in [6.07, 6.45) is 1.19. The van der Waals surface area contributed by atoms with E-state index in [1.807, 2.05) is 14.0 Å². The first-order valence-electron chi connectivity index (χ1n) is 6.04. The molecule has 0 heterocycles. The predicted octanol–water partition coefficient (Wildman–Crippen LogP) is 0.569. The summed E-state index contributed by atoms with van der Waals surface area (Å²) in [5, 5.41) is 5.82. The van der Waals surface area contributed by atoms with Crippen molar-refractivity contribution in [3.8, 4) is 0 Å². The molecular weight excluding hydrogens is 264 g/mol. The predicted molar refractivity (Wildman–Crippen MR) is 75.8 cm³/mol. The fourth-order valence-electron chi connectivity index (χ4n) is 1.51. The van der Waals surface area contributed by atoms with Crippen LogP contribution >= 0.6 is 0 Å². The van der Waals surface area contributed by atoms with Crippen LogP contribution in [0.5, 0.6) is 0 Å². The Morgan fingerprint density at radius 1 is 1.26 bits per heavy atom. The molecule has 1 atom stereocenters. The van der Waals surface area contributed by atoms with E-state index in [-0.39, 0.29) is 17.7 Å². The molecule has 0 aliphatic heterocycles. The summed E-state index contributed by atoms with van der Waals surface area (Å²) in [6, 6.07) is 6.81. The van der Waals surface area contributed by atoms with Crippen LogP contribution in [0, 0.1) is 0 Å². The molecule has 6 heteroatoms. The van der Waals surface area contributed by atoms with Gasteiger partial charge in [-0.2, -0.15) is 0 Å². The van der Waals surface area contributed by atoms with E-state index in [0.29, 0.717) is 17.7 Å². The summed E-state index contributed by atoms with van der Waals surface area (Å²) in [7, 11) is -1.21. The molecule has 0 spiro atoms. The number of carbonyl (C=O) groups is 1. The smallest absolute Gasteiger partial charge is 0.251 e. The van der Waals surface area contributed by atoms with Gasteiger partial charge >= 0.3 is 0 Å². The number of hydrogen-bond acceptors (Lipinski definition) is 4. The van der Waals surface area contributed by atoms with Gasteiger partial charge in [0.25, 0.3) is 5.91 Å². The van der Waals surface area contributed by atoms with Gasteiger partial charge in [-0.1, -0.05) is 12.1 Å². The molecule has 0 saturated heterocycles. The number of hydrogen-bond donors (Lipinski definition) is 2. The quantitative estimate of drug-likeness (QED) is 0.801. The van der Waals surface area contributed by atoms with Crippen LogP contribution in [0.25, 0.3) is 0 Å². The van der Waals surface area contributed by atoms with E-state index in [0.717, 1.165) is 0 Å². The lowest BCUT2D eigenvalue weighted by molar-refractivity contribution is 0.0950. The number of rotatable bonds is 6. The monoisotopic (exact) mass is 284 g/mol. The van der Waals surface area contributed by atoms with Gasteiger partial charge in [0.05, 0.1) is 5.75 Å². The van der Waals surface area contributed by atoms with E-state index in [4.69, 9.17) is 0 Å². The maximum atomic E-state index is 11.8. The lowest BCUT2D eigenvalue weighted by Crippen LogP contribution is -2.37. The Labute approximate surface area is 114 Å². The van der Waals surface area contributed by atoms with Crippen molar-refractivity contribution in [3.63, 3.8) is 0 Å². The second-order valence-corrected chi connectivity index (χ2v) is 6.81. The fraction of sp³-hybridized carbons (Fsp3) is 0.462. The van der Waals surface area contributed by atoms with E-state index >= 15 is 0 Å². The maximum absolute atomic E-state index is 11.8. The standard InChI is InChI=1S/C13H20N2O3S/c1-10(14-2)8-15-13(16)12-6-4-11(5-7-12)9-19(3,17)18/h4-7,10,14H,8-9H2,1-3H3,(H,15,16). The average Bonchev–Trinajstić information content (AvgIpc) is 2.34. The first-order chi connectivity index (χ1) is 8.81. The number of sulfone groups is 1. The van der Waals surface area contributed by atoms with Crippen LogP contribution in [-0.4, -0.2) is 40.2 Å². The van der Waals surface area contributed by atoms with Crippen LogP contribution in [0.15, 0.2) is 24.3 Å². The summed E-state index contributed by atoms with van der Waals surface area (Å²) in [5.74, 6) is -0.168. The van der Waals surface area contributed by atoms with E-state index in [9.17, 15) is 13.2 Å². The molecule has 1 unspecified atom stereocenters. The van der Waals surface area contributed by atoms with Crippen LogP contribution < -0.4 is 10.6 Å². The zero-order chi connectivity index (χ0) is 14.5. The van der Waals surface area contributed by atoms with Gasteiger partial charge in [0.15, 0.2) is 9.84 Å². The van der Waals surface area contributed by atoms with E-state index in [1.54, 1.807) is 24.3 Å². The first kappa shape index (κ1) is 15.7. The van der Waals surface area contributed by atoms with Gasteiger partial charge < -0.3 is 10.6 Å². The van der Waals surface area contributed by atoms with Gasteiger partial charge in [0.1, 0.15) is 0 Å². The molecule has 0 aliphatic rings. The molecule has 0 bridgehead atoms. The number of benzene rings is 1. The molecule has 0 aliphatic carbocycles. The Hall–Kier alpha value is -1.40. The lowest BCUT2D eigenvalue weighted by Gasteiger charge is -2.11. The van der Waals surface area contributed by atoms with Crippen molar-refractivity contribution in [1.29, 1.82) is 0 Å². The summed E-state index contributed by atoms with van der Waals surface area (Å²) in [6.45, 7) is 2.51. The zero-order valence-electron chi connectivity index (χ0n) is 11.4. The number of nitrogens with one attached hydrogen (secondary N) is 2. The summed E-state index contributed by atoms with van der Waals surface area (Å²) in [5.41, 5.74) is 1.21. The Balaban J connectivity index is 2.63. The molecule has 106 valence electrons. The van der Waals surface area contributed by atoms with Crippen molar-refractivity contribution in [3.05, 3.63) is 35.4 Å². The molecule has 2 N–H and O–H groups in total. The third kappa shape index (κ3) is 5.85. The molecule has 0 radical (unpaired) electrons. The molecule has 1 rings (SSSR count). The topological polar surface area (TPSA) is 75.3 Å². The highest BCUT2D eigenvalue weighted by Crippen LogP contribution is 2.07.